The molecular weight excluding hydrogens is 242 g/mol. The Kier molecular flexibility index (Phi) is 3.06. The number of aromatic amines is 1. The van der Waals surface area contributed by atoms with Crippen LogP contribution >= 0.6 is 15.9 Å². The molecule has 1 aromatic heterocycles. The quantitative estimate of drug-likeness (QED) is 0.822. The Morgan fingerprint density at radius 2 is 1.93 bits per heavy atom. The van der Waals surface area contributed by atoms with Crippen molar-refractivity contribution in [2.24, 2.45) is 0 Å². The van der Waals surface area contributed by atoms with Gasteiger partial charge in [-0.3, -0.25) is 4.79 Å². The third-order valence-corrected chi connectivity index (χ3v) is 3.55. The molecule has 0 saturated heterocycles. The lowest BCUT2D eigenvalue weighted by atomic mass is 9.87. The fourth-order valence-electron chi connectivity index (χ4n) is 2.12. The molecule has 0 aromatic carbocycles. The fourth-order valence-corrected chi connectivity index (χ4v) is 2.35. The average Bonchev–Trinajstić information content (AvgIpc) is 2.23. The third-order valence-electron chi connectivity index (χ3n) is 2.93. The predicted molar refractivity (Wildman–Crippen MR) is 60.6 cm³/mol. The zero-order chi connectivity index (χ0) is 9.97. The van der Waals surface area contributed by atoms with Crippen molar-refractivity contribution in [1.82, 2.24) is 4.98 Å². The number of H-pyrrole nitrogens is 1. The van der Waals surface area contributed by atoms with Gasteiger partial charge >= 0.3 is 0 Å². The highest BCUT2D eigenvalue weighted by Crippen LogP contribution is 2.31. The summed E-state index contributed by atoms with van der Waals surface area (Å²) in [6.07, 6.45) is 6.37. The maximum absolute atomic E-state index is 11.4. The van der Waals surface area contributed by atoms with Crippen molar-refractivity contribution < 1.29 is 0 Å². The lowest BCUT2D eigenvalue weighted by Crippen LogP contribution is -2.14. The van der Waals surface area contributed by atoms with Crippen molar-refractivity contribution >= 4 is 15.9 Å². The highest BCUT2D eigenvalue weighted by Gasteiger charge is 2.16. The fraction of sp³-hybridized carbons (Fsp3) is 0.545. The van der Waals surface area contributed by atoms with Gasteiger partial charge in [-0.1, -0.05) is 19.3 Å². The van der Waals surface area contributed by atoms with Crippen molar-refractivity contribution in [3.05, 3.63) is 32.7 Å². The number of aromatic nitrogens is 1. The molecule has 1 aliphatic carbocycles. The molecule has 1 N–H and O–H groups in total. The molecule has 1 aromatic rings. The van der Waals surface area contributed by atoms with Gasteiger partial charge in [-0.2, -0.15) is 0 Å². The summed E-state index contributed by atoms with van der Waals surface area (Å²) in [5.74, 6) is 0.574. The van der Waals surface area contributed by atoms with Gasteiger partial charge in [-0.15, -0.1) is 0 Å². The molecule has 3 heteroatoms. The Hall–Kier alpha value is -0.570. The van der Waals surface area contributed by atoms with Crippen LogP contribution in [0.2, 0.25) is 0 Å². The SMILES string of the molecule is O=c1[nH]c(C2CCCCC2)ccc1Br. The first-order valence-electron chi connectivity index (χ1n) is 5.16. The van der Waals surface area contributed by atoms with Crippen LogP contribution in [-0.4, -0.2) is 4.98 Å². The molecule has 1 heterocycles. The summed E-state index contributed by atoms with van der Waals surface area (Å²) in [6.45, 7) is 0. The van der Waals surface area contributed by atoms with Crippen LogP contribution in [-0.2, 0) is 0 Å². The summed E-state index contributed by atoms with van der Waals surface area (Å²) in [5.41, 5.74) is 1.10. The number of pyridine rings is 1. The predicted octanol–water partition coefficient (Wildman–Crippen LogP) is 3.19. The first-order valence-corrected chi connectivity index (χ1v) is 5.95. The minimum atomic E-state index is -0.00641. The molecule has 14 heavy (non-hydrogen) atoms. The van der Waals surface area contributed by atoms with Gasteiger partial charge in [0.05, 0.1) is 4.47 Å². The van der Waals surface area contributed by atoms with Gasteiger partial charge in [0, 0.05) is 5.69 Å². The summed E-state index contributed by atoms with van der Waals surface area (Å²) in [7, 11) is 0. The first-order chi connectivity index (χ1) is 6.77. The number of nitrogens with one attached hydrogen (secondary N) is 1. The molecule has 0 aliphatic heterocycles. The largest absolute Gasteiger partial charge is 0.325 e. The molecule has 0 radical (unpaired) electrons. The summed E-state index contributed by atoms with van der Waals surface area (Å²) >= 11 is 3.21. The summed E-state index contributed by atoms with van der Waals surface area (Å²) in [4.78, 5) is 14.3. The molecule has 1 fully saturated rings. The molecule has 0 bridgehead atoms. The monoisotopic (exact) mass is 255 g/mol. The molecule has 1 saturated carbocycles. The zero-order valence-corrected chi connectivity index (χ0v) is 9.64. The van der Waals surface area contributed by atoms with Crippen LogP contribution < -0.4 is 5.56 Å². The van der Waals surface area contributed by atoms with Crippen molar-refractivity contribution in [3.8, 4) is 0 Å². The van der Waals surface area contributed by atoms with Gasteiger partial charge in [-0.05, 0) is 46.8 Å². The van der Waals surface area contributed by atoms with Crippen LogP contribution in [0.3, 0.4) is 0 Å². The number of rotatable bonds is 1. The summed E-state index contributed by atoms with van der Waals surface area (Å²) < 4.78 is 0.622. The van der Waals surface area contributed by atoms with Gasteiger partial charge in [0.15, 0.2) is 0 Å². The minimum Gasteiger partial charge on any atom is -0.325 e. The van der Waals surface area contributed by atoms with E-state index in [-0.39, 0.29) is 5.56 Å². The topological polar surface area (TPSA) is 32.9 Å². The minimum absolute atomic E-state index is 0.00641. The lowest BCUT2D eigenvalue weighted by Gasteiger charge is -2.21. The van der Waals surface area contributed by atoms with E-state index < -0.39 is 0 Å². The highest BCUT2D eigenvalue weighted by atomic mass is 79.9. The van der Waals surface area contributed by atoms with Crippen molar-refractivity contribution in [3.63, 3.8) is 0 Å². The van der Waals surface area contributed by atoms with E-state index in [0.29, 0.717) is 10.4 Å². The lowest BCUT2D eigenvalue weighted by molar-refractivity contribution is 0.436. The molecule has 0 atom stereocenters. The molecule has 0 amide bonds. The van der Waals surface area contributed by atoms with Crippen molar-refractivity contribution in [1.29, 1.82) is 0 Å². The Bertz CT molecular complexity index is 366. The number of halogens is 1. The van der Waals surface area contributed by atoms with Gasteiger partial charge in [-0.25, -0.2) is 0 Å². The van der Waals surface area contributed by atoms with E-state index in [1.54, 1.807) is 0 Å². The second-order valence-electron chi connectivity index (χ2n) is 3.93. The third kappa shape index (κ3) is 2.08. The molecule has 2 rings (SSSR count). The van der Waals surface area contributed by atoms with Crippen LogP contribution in [0.15, 0.2) is 21.4 Å². The summed E-state index contributed by atoms with van der Waals surface area (Å²) in [6, 6.07) is 3.88. The van der Waals surface area contributed by atoms with Gasteiger partial charge in [0.2, 0.25) is 0 Å². The van der Waals surface area contributed by atoms with E-state index in [4.69, 9.17) is 0 Å². The molecule has 0 spiro atoms. The van der Waals surface area contributed by atoms with E-state index in [1.807, 2.05) is 12.1 Å². The second kappa shape index (κ2) is 4.30. The molecule has 2 nitrogen and oxygen atoms in total. The standard InChI is InChI=1S/C11H14BrNO/c12-9-6-7-10(13-11(9)14)8-4-2-1-3-5-8/h6-8H,1-5H2,(H,13,14). The first kappa shape index (κ1) is 9.97. The van der Waals surface area contributed by atoms with Crippen LogP contribution in [0, 0.1) is 0 Å². The normalized spacial score (nSPS) is 18.4. The number of hydrogen-bond acceptors (Lipinski definition) is 1. The molecule has 1 aliphatic rings. The Labute approximate surface area is 91.9 Å². The average molecular weight is 256 g/mol. The van der Waals surface area contributed by atoms with E-state index in [9.17, 15) is 4.79 Å². The summed E-state index contributed by atoms with van der Waals surface area (Å²) in [5, 5.41) is 0. The van der Waals surface area contributed by atoms with Crippen LogP contribution in [0.4, 0.5) is 0 Å². The maximum atomic E-state index is 11.4. The molecule has 0 unspecified atom stereocenters. The van der Waals surface area contributed by atoms with Gasteiger partial charge in [0.25, 0.3) is 5.56 Å². The molecular formula is C11H14BrNO. The van der Waals surface area contributed by atoms with Crippen molar-refractivity contribution in [2.45, 2.75) is 38.0 Å². The van der Waals surface area contributed by atoms with E-state index in [1.165, 1.54) is 32.1 Å². The smallest absolute Gasteiger partial charge is 0.262 e. The van der Waals surface area contributed by atoms with Crippen molar-refractivity contribution in [2.75, 3.05) is 0 Å². The number of hydrogen-bond donors (Lipinski definition) is 1. The van der Waals surface area contributed by atoms with Gasteiger partial charge in [0.1, 0.15) is 0 Å². The van der Waals surface area contributed by atoms with E-state index >= 15 is 0 Å². The van der Waals surface area contributed by atoms with Crippen LogP contribution in [0.1, 0.15) is 43.7 Å². The van der Waals surface area contributed by atoms with Gasteiger partial charge < -0.3 is 4.98 Å². The van der Waals surface area contributed by atoms with Crippen LogP contribution in [0.25, 0.3) is 0 Å². The Morgan fingerprint density at radius 1 is 1.21 bits per heavy atom. The Balaban J connectivity index is 2.23. The van der Waals surface area contributed by atoms with Crippen LogP contribution in [0.5, 0.6) is 0 Å². The van der Waals surface area contributed by atoms with E-state index in [2.05, 4.69) is 20.9 Å². The Morgan fingerprint density at radius 3 is 2.57 bits per heavy atom. The second-order valence-corrected chi connectivity index (χ2v) is 4.78. The van der Waals surface area contributed by atoms with E-state index in [0.717, 1.165) is 5.69 Å². The maximum Gasteiger partial charge on any atom is 0.262 e. The molecule has 76 valence electrons. The zero-order valence-electron chi connectivity index (χ0n) is 8.05. The highest BCUT2D eigenvalue weighted by molar-refractivity contribution is 9.10.